The monoisotopic (exact) mass is 134 g/mol. The minimum absolute atomic E-state index is 0.387. The average molecular weight is 134 g/mol. The van der Waals surface area contributed by atoms with Gasteiger partial charge in [-0.3, -0.25) is 0 Å². The van der Waals surface area contributed by atoms with Crippen LogP contribution in [0.25, 0.3) is 0 Å². The Balaban J connectivity index is 2.11. The molecule has 3 aliphatic rings. The van der Waals surface area contributed by atoms with Crippen LogP contribution in [0.4, 0.5) is 0 Å². The molecule has 0 N–H and O–H groups in total. The summed E-state index contributed by atoms with van der Waals surface area (Å²) < 4.78 is 10.4. The summed E-state index contributed by atoms with van der Waals surface area (Å²) in [5, 5.41) is 0. The summed E-state index contributed by atoms with van der Waals surface area (Å²) in [6.45, 7) is 0.387. The standard InChI is InChI=1S/C8H6O2/c1-5-2-7-8(3-6(1)5)10-4-9-7/h1-3,5H,4H2. The van der Waals surface area contributed by atoms with E-state index in [2.05, 4.69) is 12.2 Å². The van der Waals surface area contributed by atoms with Gasteiger partial charge in [-0.1, -0.05) is 6.08 Å². The van der Waals surface area contributed by atoms with Gasteiger partial charge in [0, 0.05) is 5.92 Å². The molecule has 1 heterocycles. The van der Waals surface area contributed by atoms with Gasteiger partial charge in [0.15, 0.2) is 11.5 Å². The maximum Gasteiger partial charge on any atom is 0.231 e. The van der Waals surface area contributed by atoms with Crippen molar-refractivity contribution in [2.24, 2.45) is 5.92 Å². The molecular formula is C8H6O2. The van der Waals surface area contributed by atoms with E-state index in [1.165, 1.54) is 5.57 Å². The Morgan fingerprint density at radius 1 is 1.20 bits per heavy atom. The third-order valence-electron chi connectivity index (χ3n) is 1.95. The Hall–Kier alpha value is -1.18. The summed E-state index contributed by atoms with van der Waals surface area (Å²) in [5.41, 5.74) is 1.37. The molecule has 0 amide bonds. The molecule has 1 aliphatic heterocycles. The van der Waals surface area contributed by atoms with Crippen LogP contribution in [0.2, 0.25) is 0 Å². The Morgan fingerprint density at radius 2 is 2.10 bits per heavy atom. The van der Waals surface area contributed by atoms with Gasteiger partial charge in [-0.25, -0.2) is 0 Å². The van der Waals surface area contributed by atoms with Crippen LogP contribution in [-0.4, -0.2) is 6.79 Å². The molecule has 0 saturated carbocycles. The molecule has 1 fully saturated rings. The first-order valence-electron chi connectivity index (χ1n) is 3.35. The molecule has 50 valence electrons. The summed E-state index contributed by atoms with van der Waals surface area (Å²) in [6.07, 6.45) is 6.33. The molecular weight excluding hydrogens is 128 g/mol. The summed E-state index contributed by atoms with van der Waals surface area (Å²) in [6, 6.07) is 0. The zero-order chi connectivity index (χ0) is 6.55. The van der Waals surface area contributed by atoms with Crippen LogP contribution >= 0.6 is 0 Å². The van der Waals surface area contributed by atoms with Crippen molar-refractivity contribution in [3.63, 3.8) is 0 Å². The van der Waals surface area contributed by atoms with E-state index in [9.17, 15) is 0 Å². The Kier molecular flexibility index (Phi) is 0.592. The molecule has 1 atom stereocenters. The third kappa shape index (κ3) is 0.444. The predicted octanol–water partition coefficient (Wildman–Crippen LogP) is 1.33. The maximum atomic E-state index is 5.19. The highest BCUT2D eigenvalue weighted by Crippen LogP contribution is 2.41. The van der Waals surface area contributed by atoms with Crippen molar-refractivity contribution >= 4 is 0 Å². The number of ether oxygens (including phenoxy) is 2. The van der Waals surface area contributed by atoms with Crippen molar-refractivity contribution in [1.82, 2.24) is 0 Å². The molecule has 0 bridgehead atoms. The van der Waals surface area contributed by atoms with Crippen LogP contribution in [0, 0.1) is 5.92 Å². The summed E-state index contributed by atoms with van der Waals surface area (Å²) in [7, 11) is 0. The van der Waals surface area contributed by atoms with E-state index in [4.69, 9.17) is 9.47 Å². The lowest BCUT2D eigenvalue weighted by Crippen LogP contribution is -1.90. The largest absolute Gasteiger partial charge is 0.454 e. The van der Waals surface area contributed by atoms with Crippen molar-refractivity contribution in [1.29, 1.82) is 0 Å². The normalized spacial score (nSPS) is 32.0. The van der Waals surface area contributed by atoms with E-state index >= 15 is 0 Å². The molecule has 0 aromatic heterocycles. The first-order valence-corrected chi connectivity index (χ1v) is 3.35. The van der Waals surface area contributed by atoms with Crippen molar-refractivity contribution in [2.75, 3.05) is 6.79 Å². The molecule has 2 heteroatoms. The fourth-order valence-electron chi connectivity index (χ4n) is 1.30. The summed E-state index contributed by atoms with van der Waals surface area (Å²) >= 11 is 0. The summed E-state index contributed by atoms with van der Waals surface area (Å²) in [4.78, 5) is 0. The maximum absolute atomic E-state index is 5.19. The molecule has 0 aromatic carbocycles. The quantitative estimate of drug-likeness (QED) is 0.497. The van der Waals surface area contributed by atoms with Gasteiger partial charge >= 0.3 is 0 Å². The molecule has 0 radical (unpaired) electrons. The van der Waals surface area contributed by atoms with E-state index in [0.717, 1.165) is 11.5 Å². The van der Waals surface area contributed by atoms with Gasteiger partial charge < -0.3 is 9.47 Å². The second-order valence-corrected chi connectivity index (χ2v) is 2.64. The molecule has 0 aromatic rings. The van der Waals surface area contributed by atoms with Gasteiger partial charge in [0.25, 0.3) is 0 Å². The van der Waals surface area contributed by atoms with E-state index < -0.39 is 0 Å². The lowest BCUT2D eigenvalue weighted by Gasteiger charge is -2.00. The fraction of sp³-hybridized carbons (Fsp3) is 0.250. The molecule has 3 rings (SSSR count). The highest BCUT2D eigenvalue weighted by atomic mass is 16.7. The number of fused-ring (bicyclic) bond motifs is 2. The van der Waals surface area contributed by atoms with Gasteiger partial charge in [-0.05, 0) is 17.7 Å². The second kappa shape index (κ2) is 1.29. The highest BCUT2D eigenvalue weighted by molar-refractivity contribution is 5.52. The van der Waals surface area contributed by atoms with Crippen LogP contribution in [-0.2, 0) is 9.47 Å². The van der Waals surface area contributed by atoms with Gasteiger partial charge in [-0.15, -0.1) is 0 Å². The van der Waals surface area contributed by atoms with E-state index in [1.54, 1.807) is 0 Å². The van der Waals surface area contributed by atoms with Crippen molar-refractivity contribution in [3.8, 4) is 0 Å². The smallest absolute Gasteiger partial charge is 0.231 e. The molecule has 10 heavy (non-hydrogen) atoms. The lowest BCUT2D eigenvalue weighted by atomic mass is 10.1. The topological polar surface area (TPSA) is 18.5 Å². The second-order valence-electron chi connectivity index (χ2n) is 2.64. The predicted molar refractivity (Wildman–Crippen MR) is 34.8 cm³/mol. The van der Waals surface area contributed by atoms with Crippen molar-refractivity contribution < 1.29 is 9.47 Å². The number of allylic oxidation sites excluding steroid dienone is 4. The molecule has 2 aliphatic carbocycles. The highest BCUT2D eigenvalue weighted by Gasteiger charge is 2.31. The minimum Gasteiger partial charge on any atom is -0.454 e. The first-order chi connectivity index (χ1) is 4.93. The third-order valence-corrected chi connectivity index (χ3v) is 1.95. The number of rotatable bonds is 0. The van der Waals surface area contributed by atoms with Gasteiger partial charge in [-0.2, -0.15) is 0 Å². The van der Waals surface area contributed by atoms with Crippen LogP contribution in [0.1, 0.15) is 0 Å². The van der Waals surface area contributed by atoms with Gasteiger partial charge in [0.05, 0.1) is 0 Å². The molecule has 0 spiro atoms. The zero-order valence-electron chi connectivity index (χ0n) is 5.33. The van der Waals surface area contributed by atoms with Crippen LogP contribution in [0.3, 0.4) is 0 Å². The van der Waals surface area contributed by atoms with Crippen LogP contribution in [0.15, 0.2) is 35.3 Å². The van der Waals surface area contributed by atoms with Gasteiger partial charge in [0.1, 0.15) is 0 Å². The molecule has 1 unspecified atom stereocenters. The minimum atomic E-state index is 0.387. The zero-order valence-corrected chi connectivity index (χ0v) is 5.33. The Labute approximate surface area is 58.4 Å². The van der Waals surface area contributed by atoms with Crippen LogP contribution in [0.5, 0.6) is 0 Å². The molecule has 2 nitrogen and oxygen atoms in total. The van der Waals surface area contributed by atoms with Crippen molar-refractivity contribution in [2.45, 2.75) is 0 Å². The first kappa shape index (κ1) is 4.61. The van der Waals surface area contributed by atoms with E-state index in [0.29, 0.717) is 12.7 Å². The van der Waals surface area contributed by atoms with Gasteiger partial charge in [0.2, 0.25) is 6.79 Å². The summed E-state index contributed by atoms with van der Waals surface area (Å²) in [5.74, 6) is 2.38. The fourth-order valence-corrected chi connectivity index (χ4v) is 1.30. The number of hydrogen-bond donors (Lipinski definition) is 0. The van der Waals surface area contributed by atoms with E-state index in [1.807, 2.05) is 6.08 Å². The van der Waals surface area contributed by atoms with E-state index in [-0.39, 0.29) is 0 Å². The van der Waals surface area contributed by atoms with Crippen molar-refractivity contribution in [3.05, 3.63) is 35.3 Å². The van der Waals surface area contributed by atoms with Crippen LogP contribution < -0.4 is 0 Å². The Morgan fingerprint density at radius 3 is 3.10 bits per heavy atom. The molecule has 1 saturated heterocycles. The lowest BCUT2D eigenvalue weighted by molar-refractivity contribution is 0.0977. The average Bonchev–Trinajstić information content (AvgIpc) is 2.52. The SMILES string of the molecule is C1=C2OCOC2=CC2C=C12. The number of hydrogen-bond acceptors (Lipinski definition) is 2. The Bertz CT molecular complexity index is 284.